The van der Waals surface area contributed by atoms with Crippen LogP contribution in [0, 0.1) is 59.5 Å². The van der Waals surface area contributed by atoms with E-state index in [1.165, 1.54) is 0 Å². The van der Waals surface area contributed by atoms with Gasteiger partial charge < -0.3 is 0 Å². The molecular weight excluding hydrogens is 162 g/mol. The summed E-state index contributed by atoms with van der Waals surface area (Å²) in [7, 11) is 0. The maximum Gasteiger partial charge on any atom is 0.513 e. The summed E-state index contributed by atoms with van der Waals surface area (Å²) in [5.41, 5.74) is 0. The van der Waals surface area contributed by atoms with Gasteiger partial charge in [-0.05, 0) is 42.4 Å². The van der Waals surface area contributed by atoms with E-state index in [2.05, 4.69) is 47.2 Å². The second-order valence-corrected chi connectivity index (χ2v) is 1.67. The zero-order valence-corrected chi connectivity index (χ0v) is 7.03. The molecule has 0 radical (unpaired) electrons. The third kappa shape index (κ3) is 7.69. The van der Waals surface area contributed by atoms with E-state index in [0.29, 0.717) is 0 Å². The lowest BCUT2D eigenvalue weighted by atomic mass is 9.74. The van der Waals surface area contributed by atoms with Crippen LogP contribution in [0.15, 0.2) is 0 Å². The Balaban J connectivity index is 4.22. The molecule has 13 heavy (non-hydrogen) atoms. The quantitative estimate of drug-likeness (QED) is 0.367. The molecule has 2 heteroatoms. The Labute approximate surface area is 78.4 Å². The van der Waals surface area contributed by atoms with Gasteiger partial charge in [0, 0.05) is 0 Å². The molecule has 0 rings (SSSR count). The van der Waals surface area contributed by atoms with E-state index >= 15 is 0 Å². The molecule has 0 heterocycles. The highest BCUT2D eigenvalue weighted by Gasteiger charge is 2.02. The number of hydrogen-bond acceptors (Lipinski definition) is 0. The van der Waals surface area contributed by atoms with Crippen molar-refractivity contribution in [2.24, 2.45) is 0 Å². The number of terminal acetylenes is 1. The Hall–Kier alpha value is -2.21. The number of halogens is 1. The van der Waals surface area contributed by atoms with Crippen LogP contribution in [-0.4, -0.2) is 6.99 Å². The minimum atomic E-state index is -1.52. The Morgan fingerprint density at radius 2 is 1.62 bits per heavy atom. The summed E-state index contributed by atoms with van der Waals surface area (Å²) in [6.45, 7) is 0.0966. The van der Waals surface area contributed by atoms with Crippen LogP contribution in [0.25, 0.3) is 0 Å². The maximum atomic E-state index is 12.6. The predicted octanol–water partition coefficient (Wildman–Crippen LogP) is 0.693. The highest BCUT2D eigenvalue weighted by Crippen LogP contribution is 1.76. The Morgan fingerprint density at radius 3 is 2.15 bits per heavy atom. The van der Waals surface area contributed by atoms with Gasteiger partial charge in [0.2, 0.25) is 0 Å². The van der Waals surface area contributed by atoms with Gasteiger partial charge in [0.05, 0.1) is 0 Å². The fourth-order valence-corrected chi connectivity index (χ4v) is 0.365. The average molecular weight is 166 g/mol. The first-order chi connectivity index (χ1) is 6.31. The van der Waals surface area contributed by atoms with Crippen LogP contribution in [0.4, 0.5) is 4.32 Å². The molecule has 58 valence electrons. The third-order valence-corrected chi connectivity index (χ3v) is 0.782. The van der Waals surface area contributed by atoms with E-state index in [1.54, 1.807) is 6.92 Å². The standard InChI is InChI=1S/C11H4BF/c1-3-5-7-9-11-12(13)10-8-6-4-2/h1H,2H3. The second kappa shape index (κ2) is 7.90. The summed E-state index contributed by atoms with van der Waals surface area (Å²) in [6.07, 6.45) is 4.81. The zero-order valence-electron chi connectivity index (χ0n) is 7.03. The summed E-state index contributed by atoms with van der Waals surface area (Å²) in [5.74, 6) is 20.3. The minimum Gasteiger partial charge on any atom is -0.297 e. The molecule has 0 aromatic rings. The fourth-order valence-electron chi connectivity index (χ4n) is 0.365. The highest BCUT2D eigenvalue weighted by atomic mass is 19.1. The molecule has 0 fully saturated rings. The van der Waals surface area contributed by atoms with Crippen LogP contribution in [0.5, 0.6) is 0 Å². The lowest BCUT2D eigenvalue weighted by Crippen LogP contribution is -1.96. The van der Waals surface area contributed by atoms with Crippen molar-refractivity contribution in [3.05, 3.63) is 0 Å². The fraction of sp³-hybridized carbons (Fsp3) is 0.0909. The molecule has 0 aliphatic rings. The molecule has 0 N–H and O–H groups in total. The van der Waals surface area contributed by atoms with Crippen LogP contribution in [0.3, 0.4) is 0 Å². The van der Waals surface area contributed by atoms with Crippen molar-refractivity contribution < 1.29 is 4.32 Å². The van der Waals surface area contributed by atoms with E-state index in [9.17, 15) is 4.32 Å². The molecule has 0 aliphatic heterocycles. The van der Waals surface area contributed by atoms with Gasteiger partial charge >= 0.3 is 6.99 Å². The molecule has 0 saturated carbocycles. The topological polar surface area (TPSA) is 0 Å². The van der Waals surface area contributed by atoms with Crippen LogP contribution in [0.1, 0.15) is 6.92 Å². The average Bonchev–Trinajstić information content (AvgIpc) is 2.13. The van der Waals surface area contributed by atoms with Gasteiger partial charge in [-0.3, -0.25) is 4.32 Å². The van der Waals surface area contributed by atoms with E-state index in [1.807, 2.05) is 5.92 Å². The van der Waals surface area contributed by atoms with Gasteiger partial charge in [0.1, 0.15) is 0 Å². The van der Waals surface area contributed by atoms with Gasteiger partial charge in [0.15, 0.2) is 0 Å². The van der Waals surface area contributed by atoms with Crippen LogP contribution in [-0.2, 0) is 0 Å². The van der Waals surface area contributed by atoms with Crippen molar-refractivity contribution in [1.82, 2.24) is 0 Å². The maximum absolute atomic E-state index is 12.6. The van der Waals surface area contributed by atoms with Crippen LogP contribution < -0.4 is 0 Å². The summed E-state index contributed by atoms with van der Waals surface area (Å²) in [5, 5.41) is 0. The summed E-state index contributed by atoms with van der Waals surface area (Å²) in [6, 6.07) is 0. The second-order valence-electron chi connectivity index (χ2n) is 1.67. The minimum absolute atomic E-state index is 1.52. The lowest BCUT2D eigenvalue weighted by molar-refractivity contribution is 0.870. The van der Waals surface area contributed by atoms with E-state index in [0.717, 1.165) is 0 Å². The van der Waals surface area contributed by atoms with Gasteiger partial charge in [-0.25, -0.2) is 0 Å². The summed E-state index contributed by atoms with van der Waals surface area (Å²) in [4.78, 5) is 0. The van der Waals surface area contributed by atoms with Crippen molar-refractivity contribution in [3.8, 4) is 59.5 Å². The molecule has 0 amide bonds. The molecule has 0 unspecified atom stereocenters. The molecule has 0 spiro atoms. The van der Waals surface area contributed by atoms with Crippen molar-refractivity contribution in [3.63, 3.8) is 0 Å². The van der Waals surface area contributed by atoms with Crippen molar-refractivity contribution in [1.29, 1.82) is 0 Å². The van der Waals surface area contributed by atoms with Crippen molar-refractivity contribution in [2.75, 3.05) is 0 Å². The molecule has 0 atom stereocenters. The lowest BCUT2D eigenvalue weighted by Gasteiger charge is -1.72. The largest absolute Gasteiger partial charge is 0.513 e. The molecule has 0 aromatic heterocycles. The molecule has 0 nitrogen and oxygen atoms in total. The highest BCUT2D eigenvalue weighted by molar-refractivity contribution is 6.69. The SMILES string of the molecule is C#CC#CC#CB(F)C#CC#CC. The van der Waals surface area contributed by atoms with Gasteiger partial charge in [-0.15, -0.1) is 6.42 Å². The van der Waals surface area contributed by atoms with Crippen molar-refractivity contribution >= 4 is 6.99 Å². The van der Waals surface area contributed by atoms with Crippen molar-refractivity contribution in [2.45, 2.75) is 6.92 Å². The predicted molar refractivity (Wildman–Crippen MR) is 52.5 cm³/mol. The van der Waals surface area contributed by atoms with E-state index in [4.69, 9.17) is 6.42 Å². The van der Waals surface area contributed by atoms with Gasteiger partial charge in [0.25, 0.3) is 0 Å². The first-order valence-corrected chi connectivity index (χ1v) is 3.33. The van der Waals surface area contributed by atoms with Gasteiger partial charge in [-0.2, -0.15) is 0 Å². The monoisotopic (exact) mass is 166 g/mol. The van der Waals surface area contributed by atoms with Crippen LogP contribution >= 0.6 is 0 Å². The molecule has 0 aromatic carbocycles. The summed E-state index contributed by atoms with van der Waals surface area (Å²) >= 11 is 0. The Kier molecular flexibility index (Phi) is 6.56. The first kappa shape index (κ1) is 10.8. The van der Waals surface area contributed by atoms with Gasteiger partial charge in [-0.1, -0.05) is 17.6 Å². The third-order valence-electron chi connectivity index (χ3n) is 0.782. The first-order valence-electron chi connectivity index (χ1n) is 3.33. The molecular formula is C11H4BF. The normalized spacial score (nSPS) is 4.69. The van der Waals surface area contributed by atoms with E-state index < -0.39 is 6.99 Å². The number of rotatable bonds is 0. The summed E-state index contributed by atoms with van der Waals surface area (Å²) < 4.78 is 12.6. The Morgan fingerprint density at radius 1 is 1.00 bits per heavy atom. The zero-order chi connectivity index (χ0) is 9.94. The molecule has 0 bridgehead atoms. The molecule has 0 saturated heterocycles. The smallest absolute Gasteiger partial charge is 0.297 e. The van der Waals surface area contributed by atoms with E-state index in [-0.39, 0.29) is 0 Å². The Bertz CT molecular complexity index is 438. The van der Waals surface area contributed by atoms with Crippen LogP contribution in [0.2, 0.25) is 0 Å². The number of hydrogen-bond donors (Lipinski definition) is 0. The molecule has 0 aliphatic carbocycles.